The Morgan fingerprint density at radius 2 is 1.82 bits per heavy atom. The van der Waals surface area contributed by atoms with Gasteiger partial charge in [-0.2, -0.15) is 0 Å². The first-order chi connectivity index (χ1) is 5.22. The van der Waals surface area contributed by atoms with Crippen molar-refractivity contribution in [3.05, 3.63) is 0 Å². The number of rotatable bonds is 1. The molecule has 0 bridgehead atoms. The van der Waals surface area contributed by atoms with E-state index < -0.39 is 0 Å². The summed E-state index contributed by atoms with van der Waals surface area (Å²) in [6.07, 6.45) is 5.08. The molecular weight excluding hydrogens is 142 g/mol. The van der Waals surface area contributed by atoms with Crippen molar-refractivity contribution in [3.63, 3.8) is 0 Å². The smallest absolute Gasteiger partial charge is 0.204 e. The third-order valence-electron chi connectivity index (χ3n) is 1.93. The van der Waals surface area contributed by atoms with Crippen LogP contribution in [-0.2, 0) is 9.59 Å². The molecule has 11 heavy (non-hydrogen) atoms. The minimum absolute atomic E-state index is 0.250. The Morgan fingerprint density at radius 1 is 1.45 bits per heavy atom. The van der Waals surface area contributed by atoms with Crippen LogP contribution >= 0.6 is 0 Å². The first-order valence-electron chi connectivity index (χ1n) is 3.88. The Balaban J connectivity index is 0.000000292. The second kappa shape index (κ2) is 5.89. The van der Waals surface area contributed by atoms with Gasteiger partial charge in [0.05, 0.1) is 0 Å². The molecule has 1 fully saturated rings. The maximum absolute atomic E-state index is 10.6. The predicted octanol–water partition coefficient (Wildman–Crippen LogP) is 0.867. The molecule has 1 aliphatic carbocycles. The number of hydrogen-bond donors (Lipinski definition) is 1. The van der Waals surface area contributed by atoms with E-state index in [0.29, 0.717) is 11.7 Å². The van der Waals surface area contributed by atoms with Crippen LogP contribution in [0.5, 0.6) is 0 Å². The van der Waals surface area contributed by atoms with Gasteiger partial charge in [0.2, 0.25) is 6.41 Å². The number of carbonyl (C=O) groups is 2. The summed E-state index contributed by atoms with van der Waals surface area (Å²) >= 11 is 0. The minimum atomic E-state index is 0.250. The van der Waals surface area contributed by atoms with E-state index in [0.717, 1.165) is 12.8 Å². The van der Waals surface area contributed by atoms with Crippen molar-refractivity contribution in [2.45, 2.75) is 32.6 Å². The highest BCUT2D eigenvalue weighted by Crippen LogP contribution is 2.24. The molecule has 3 nitrogen and oxygen atoms in total. The second-order valence-electron chi connectivity index (χ2n) is 2.73. The predicted molar refractivity (Wildman–Crippen MR) is 42.9 cm³/mol. The van der Waals surface area contributed by atoms with Gasteiger partial charge in [0, 0.05) is 5.92 Å². The van der Waals surface area contributed by atoms with Gasteiger partial charge in [-0.15, -0.1) is 0 Å². The van der Waals surface area contributed by atoms with Gasteiger partial charge >= 0.3 is 0 Å². The van der Waals surface area contributed by atoms with Crippen molar-refractivity contribution in [1.82, 2.24) is 0 Å². The standard InChI is InChI=1S/C7H12O.CH3NO/c1-6(8)7-4-2-3-5-7;2-1-3/h7H,2-5H2,1H3;1H,(H2,2,3). The van der Waals surface area contributed by atoms with Gasteiger partial charge in [0.15, 0.2) is 0 Å². The van der Waals surface area contributed by atoms with E-state index in [1.54, 1.807) is 6.92 Å². The summed E-state index contributed by atoms with van der Waals surface area (Å²) in [5.41, 5.74) is 4.17. The van der Waals surface area contributed by atoms with Crippen molar-refractivity contribution >= 4 is 12.2 Å². The maximum atomic E-state index is 10.6. The number of amides is 1. The normalized spacial score (nSPS) is 16.8. The van der Waals surface area contributed by atoms with E-state index in [2.05, 4.69) is 5.73 Å². The number of primary amides is 1. The summed E-state index contributed by atoms with van der Waals surface area (Å²) in [6, 6.07) is 0. The van der Waals surface area contributed by atoms with Crippen molar-refractivity contribution in [1.29, 1.82) is 0 Å². The zero-order chi connectivity index (χ0) is 8.69. The Kier molecular flexibility index (Phi) is 5.43. The Morgan fingerprint density at radius 3 is 2.00 bits per heavy atom. The van der Waals surface area contributed by atoms with Crippen LogP contribution < -0.4 is 5.73 Å². The third kappa shape index (κ3) is 4.53. The fourth-order valence-corrected chi connectivity index (χ4v) is 1.33. The van der Waals surface area contributed by atoms with Crippen LogP contribution in [0.1, 0.15) is 32.6 Å². The molecule has 64 valence electrons. The van der Waals surface area contributed by atoms with E-state index in [9.17, 15) is 4.79 Å². The quantitative estimate of drug-likeness (QED) is 0.574. The molecule has 0 unspecified atom stereocenters. The molecule has 1 amide bonds. The van der Waals surface area contributed by atoms with Gasteiger partial charge in [-0.05, 0) is 19.8 Å². The van der Waals surface area contributed by atoms with Crippen LogP contribution in [0, 0.1) is 5.92 Å². The molecule has 2 N–H and O–H groups in total. The van der Waals surface area contributed by atoms with Crippen LogP contribution in [0.15, 0.2) is 0 Å². The number of hydrogen-bond acceptors (Lipinski definition) is 2. The summed E-state index contributed by atoms with van der Waals surface area (Å²) in [7, 11) is 0. The highest BCUT2D eigenvalue weighted by molar-refractivity contribution is 5.78. The fraction of sp³-hybridized carbons (Fsp3) is 0.750. The lowest BCUT2D eigenvalue weighted by Gasteiger charge is -1.99. The molecule has 0 radical (unpaired) electrons. The number of Topliss-reactive ketones (excluding diaryl/α,β-unsaturated/α-hetero) is 1. The van der Waals surface area contributed by atoms with Crippen molar-refractivity contribution in [3.8, 4) is 0 Å². The molecule has 0 heterocycles. The molecule has 0 aromatic rings. The number of ketones is 1. The summed E-state index contributed by atoms with van der Waals surface area (Å²) in [6.45, 7) is 1.70. The van der Waals surface area contributed by atoms with Crippen LogP contribution in [0.4, 0.5) is 0 Å². The molecule has 3 heteroatoms. The number of nitrogens with two attached hydrogens (primary N) is 1. The largest absolute Gasteiger partial charge is 0.372 e. The summed E-state index contributed by atoms with van der Waals surface area (Å²) in [5.74, 6) is 0.817. The molecule has 0 atom stereocenters. The SMILES string of the molecule is CC(=O)C1CCCC1.NC=O. The van der Waals surface area contributed by atoms with E-state index in [1.807, 2.05) is 0 Å². The van der Waals surface area contributed by atoms with Crippen LogP contribution in [0.3, 0.4) is 0 Å². The number of carbonyl (C=O) groups excluding carboxylic acids is 2. The van der Waals surface area contributed by atoms with E-state index in [4.69, 9.17) is 4.79 Å². The molecular formula is C8H15NO2. The average Bonchev–Trinajstić information content (AvgIpc) is 2.38. The fourth-order valence-electron chi connectivity index (χ4n) is 1.33. The van der Waals surface area contributed by atoms with E-state index in [1.165, 1.54) is 12.8 Å². The van der Waals surface area contributed by atoms with E-state index in [-0.39, 0.29) is 6.41 Å². The highest BCUT2D eigenvalue weighted by Gasteiger charge is 2.18. The Labute approximate surface area is 67.0 Å². The highest BCUT2D eigenvalue weighted by atomic mass is 16.1. The van der Waals surface area contributed by atoms with E-state index >= 15 is 0 Å². The first kappa shape index (κ1) is 10.1. The summed E-state index contributed by atoms with van der Waals surface area (Å²) in [4.78, 5) is 19.2. The monoisotopic (exact) mass is 157 g/mol. The molecule has 1 rings (SSSR count). The van der Waals surface area contributed by atoms with Crippen LogP contribution in [-0.4, -0.2) is 12.2 Å². The van der Waals surface area contributed by atoms with Gasteiger partial charge < -0.3 is 5.73 Å². The lowest BCUT2D eigenvalue weighted by atomic mass is 10.0. The van der Waals surface area contributed by atoms with Crippen molar-refractivity contribution in [2.75, 3.05) is 0 Å². The summed E-state index contributed by atoms with van der Waals surface area (Å²) < 4.78 is 0. The lowest BCUT2D eigenvalue weighted by Crippen LogP contribution is -2.04. The van der Waals surface area contributed by atoms with Gasteiger partial charge in [-0.3, -0.25) is 9.59 Å². The molecule has 0 spiro atoms. The maximum Gasteiger partial charge on any atom is 0.204 e. The molecule has 1 saturated carbocycles. The van der Waals surface area contributed by atoms with Gasteiger partial charge in [0.1, 0.15) is 5.78 Å². The van der Waals surface area contributed by atoms with Gasteiger partial charge in [-0.25, -0.2) is 0 Å². The van der Waals surface area contributed by atoms with Crippen LogP contribution in [0.2, 0.25) is 0 Å². The Hall–Kier alpha value is -0.860. The molecule has 0 aliphatic heterocycles. The van der Waals surface area contributed by atoms with Crippen molar-refractivity contribution in [2.24, 2.45) is 11.7 Å². The van der Waals surface area contributed by atoms with Crippen LogP contribution in [0.25, 0.3) is 0 Å². The Bertz CT molecular complexity index is 128. The minimum Gasteiger partial charge on any atom is -0.372 e. The topological polar surface area (TPSA) is 60.2 Å². The molecule has 0 saturated heterocycles. The zero-order valence-electron chi connectivity index (χ0n) is 6.88. The zero-order valence-corrected chi connectivity index (χ0v) is 6.88. The molecule has 0 aromatic heterocycles. The first-order valence-corrected chi connectivity index (χ1v) is 3.88. The average molecular weight is 157 g/mol. The van der Waals surface area contributed by atoms with Gasteiger partial charge in [-0.1, -0.05) is 12.8 Å². The van der Waals surface area contributed by atoms with Crippen molar-refractivity contribution < 1.29 is 9.59 Å². The third-order valence-corrected chi connectivity index (χ3v) is 1.93. The van der Waals surface area contributed by atoms with Gasteiger partial charge in [0.25, 0.3) is 0 Å². The lowest BCUT2D eigenvalue weighted by molar-refractivity contribution is -0.120. The summed E-state index contributed by atoms with van der Waals surface area (Å²) in [5, 5.41) is 0. The molecule has 1 aliphatic rings. The second-order valence-corrected chi connectivity index (χ2v) is 2.73. The molecule has 0 aromatic carbocycles.